The highest BCUT2D eigenvalue weighted by Gasteiger charge is 2.14. The molecular weight excluding hydrogens is 244 g/mol. The molecule has 2 aromatic carbocycles. The number of halogens is 1. The van der Waals surface area contributed by atoms with Crippen LogP contribution in [-0.2, 0) is 11.2 Å². The van der Waals surface area contributed by atoms with Crippen molar-refractivity contribution in [1.29, 1.82) is 0 Å². The molecule has 2 aromatic rings. The maximum absolute atomic E-state index is 11.3. The first-order valence-electron chi connectivity index (χ1n) is 5.96. The van der Waals surface area contributed by atoms with E-state index in [1.807, 2.05) is 36.4 Å². The number of hydrogen-bond acceptors (Lipinski definition) is 1. The van der Waals surface area contributed by atoms with Crippen molar-refractivity contribution in [3.63, 3.8) is 0 Å². The Labute approximate surface area is 112 Å². The summed E-state index contributed by atoms with van der Waals surface area (Å²) in [5.41, 5.74) is 3.26. The normalized spacial score (nSPS) is 12.1. The zero-order valence-electron chi connectivity index (χ0n) is 10.3. The summed E-state index contributed by atoms with van der Waals surface area (Å²) in [5, 5.41) is 0.655. The first-order valence-corrected chi connectivity index (χ1v) is 6.34. The van der Waals surface area contributed by atoms with E-state index in [1.165, 1.54) is 5.56 Å². The first kappa shape index (κ1) is 12.8. The summed E-state index contributed by atoms with van der Waals surface area (Å²) in [6.45, 7) is 2.05. The molecule has 0 bridgehead atoms. The fourth-order valence-corrected chi connectivity index (χ4v) is 2.38. The second kappa shape index (κ2) is 5.83. The Morgan fingerprint density at radius 3 is 2.61 bits per heavy atom. The van der Waals surface area contributed by atoms with Crippen LogP contribution in [0.5, 0.6) is 0 Å². The van der Waals surface area contributed by atoms with Gasteiger partial charge in [0.15, 0.2) is 0 Å². The smallest absolute Gasteiger partial charge is 0.127 e. The molecule has 92 valence electrons. The minimum absolute atomic E-state index is 0.180. The molecule has 0 aliphatic carbocycles. The van der Waals surface area contributed by atoms with E-state index in [4.69, 9.17) is 11.6 Å². The summed E-state index contributed by atoms with van der Waals surface area (Å²) >= 11 is 6.14. The van der Waals surface area contributed by atoms with Crippen LogP contribution in [0.25, 0.3) is 0 Å². The Morgan fingerprint density at radius 1 is 1.17 bits per heavy atom. The van der Waals surface area contributed by atoms with E-state index < -0.39 is 0 Å². The van der Waals surface area contributed by atoms with Crippen LogP contribution in [-0.4, -0.2) is 6.29 Å². The lowest BCUT2D eigenvalue weighted by Gasteiger charge is -2.12. The van der Waals surface area contributed by atoms with Crippen LogP contribution < -0.4 is 0 Å². The molecule has 1 unspecified atom stereocenters. The van der Waals surface area contributed by atoms with E-state index in [-0.39, 0.29) is 5.92 Å². The Bertz CT molecular complexity index is 548. The summed E-state index contributed by atoms with van der Waals surface area (Å²) in [5.74, 6) is -0.180. The van der Waals surface area contributed by atoms with Crippen molar-refractivity contribution < 1.29 is 4.79 Å². The molecule has 0 aliphatic rings. The number of hydrogen-bond donors (Lipinski definition) is 0. The minimum atomic E-state index is -0.180. The van der Waals surface area contributed by atoms with E-state index in [0.717, 1.165) is 17.4 Å². The van der Waals surface area contributed by atoms with Crippen molar-refractivity contribution >= 4 is 17.9 Å². The molecule has 1 atom stereocenters. The van der Waals surface area contributed by atoms with Gasteiger partial charge in [0.05, 0.1) is 0 Å². The fourth-order valence-electron chi connectivity index (χ4n) is 2.10. The molecule has 18 heavy (non-hydrogen) atoms. The number of carbonyl (C=O) groups excluding carboxylic acids is 1. The van der Waals surface area contributed by atoms with Gasteiger partial charge in [-0.05, 0) is 30.5 Å². The number of benzene rings is 2. The van der Waals surface area contributed by atoms with E-state index in [9.17, 15) is 4.79 Å². The third-order valence-corrected chi connectivity index (χ3v) is 3.35. The van der Waals surface area contributed by atoms with Crippen LogP contribution >= 0.6 is 11.6 Å². The van der Waals surface area contributed by atoms with Gasteiger partial charge in [0.25, 0.3) is 0 Å². The van der Waals surface area contributed by atoms with Gasteiger partial charge in [-0.15, -0.1) is 0 Å². The van der Waals surface area contributed by atoms with Crippen molar-refractivity contribution in [3.05, 3.63) is 70.2 Å². The lowest BCUT2D eigenvalue weighted by Crippen LogP contribution is -2.05. The molecule has 0 heterocycles. The number of aryl methyl sites for hydroxylation is 1. The average molecular weight is 259 g/mol. The van der Waals surface area contributed by atoms with Gasteiger partial charge in [-0.2, -0.15) is 0 Å². The van der Waals surface area contributed by atoms with Crippen LogP contribution in [0.2, 0.25) is 5.02 Å². The van der Waals surface area contributed by atoms with Gasteiger partial charge in [-0.25, -0.2) is 0 Å². The average Bonchev–Trinajstić information content (AvgIpc) is 2.37. The Kier molecular flexibility index (Phi) is 4.16. The summed E-state index contributed by atoms with van der Waals surface area (Å²) in [6.07, 6.45) is 1.67. The molecule has 1 nitrogen and oxygen atoms in total. The van der Waals surface area contributed by atoms with Crippen molar-refractivity contribution in [2.75, 3.05) is 0 Å². The van der Waals surface area contributed by atoms with Gasteiger partial charge in [0, 0.05) is 10.9 Å². The molecule has 0 radical (unpaired) electrons. The minimum Gasteiger partial charge on any atom is -0.303 e. The van der Waals surface area contributed by atoms with Gasteiger partial charge < -0.3 is 4.79 Å². The van der Waals surface area contributed by atoms with E-state index in [2.05, 4.69) is 19.1 Å². The lowest BCUT2D eigenvalue weighted by atomic mass is 9.92. The molecule has 0 amide bonds. The van der Waals surface area contributed by atoms with Crippen LogP contribution in [0.4, 0.5) is 0 Å². The summed E-state index contributed by atoms with van der Waals surface area (Å²) in [4.78, 5) is 11.3. The van der Waals surface area contributed by atoms with E-state index >= 15 is 0 Å². The highest BCUT2D eigenvalue weighted by atomic mass is 35.5. The van der Waals surface area contributed by atoms with Crippen molar-refractivity contribution in [1.82, 2.24) is 0 Å². The number of rotatable bonds is 4. The SMILES string of the molecule is Cc1cccc(CC(C=O)c2ccccc2Cl)c1. The molecule has 0 saturated heterocycles. The summed E-state index contributed by atoms with van der Waals surface area (Å²) < 4.78 is 0. The number of aldehydes is 1. The quantitative estimate of drug-likeness (QED) is 0.752. The van der Waals surface area contributed by atoms with Crippen molar-refractivity contribution in [3.8, 4) is 0 Å². The van der Waals surface area contributed by atoms with Crippen molar-refractivity contribution in [2.45, 2.75) is 19.3 Å². The van der Waals surface area contributed by atoms with Gasteiger partial charge in [0.1, 0.15) is 6.29 Å². The molecule has 0 aromatic heterocycles. The first-order chi connectivity index (χ1) is 8.70. The molecule has 2 rings (SSSR count). The van der Waals surface area contributed by atoms with Crippen molar-refractivity contribution in [2.24, 2.45) is 0 Å². The van der Waals surface area contributed by atoms with Crippen LogP contribution in [0.3, 0.4) is 0 Å². The monoisotopic (exact) mass is 258 g/mol. The molecule has 0 saturated carbocycles. The summed E-state index contributed by atoms with van der Waals surface area (Å²) in [7, 11) is 0. The third kappa shape index (κ3) is 2.99. The molecule has 2 heteroatoms. The van der Waals surface area contributed by atoms with Crippen LogP contribution in [0.1, 0.15) is 22.6 Å². The molecule has 0 fully saturated rings. The zero-order chi connectivity index (χ0) is 13.0. The molecule has 0 aliphatic heterocycles. The molecule has 0 spiro atoms. The topological polar surface area (TPSA) is 17.1 Å². The highest BCUT2D eigenvalue weighted by Crippen LogP contribution is 2.26. The third-order valence-electron chi connectivity index (χ3n) is 3.01. The van der Waals surface area contributed by atoms with Gasteiger partial charge >= 0.3 is 0 Å². The summed E-state index contributed by atoms with van der Waals surface area (Å²) in [6, 6.07) is 15.7. The largest absolute Gasteiger partial charge is 0.303 e. The van der Waals surface area contributed by atoms with E-state index in [0.29, 0.717) is 11.4 Å². The maximum atomic E-state index is 11.3. The number of carbonyl (C=O) groups is 1. The Morgan fingerprint density at radius 2 is 1.94 bits per heavy atom. The second-order valence-electron chi connectivity index (χ2n) is 4.46. The predicted octanol–water partition coefficient (Wildman–Crippen LogP) is 4.17. The maximum Gasteiger partial charge on any atom is 0.127 e. The fraction of sp³-hybridized carbons (Fsp3) is 0.188. The lowest BCUT2D eigenvalue weighted by molar-refractivity contribution is -0.109. The zero-order valence-corrected chi connectivity index (χ0v) is 11.0. The molecule has 0 N–H and O–H groups in total. The van der Waals surface area contributed by atoms with Crippen LogP contribution in [0.15, 0.2) is 48.5 Å². The predicted molar refractivity (Wildman–Crippen MR) is 75.1 cm³/mol. The Balaban J connectivity index is 2.25. The van der Waals surface area contributed by atoms with Gasteiger partial charge in [-0.3, -0.25) is 0 Å². The van der Waals surface area contributed by atoms with Crippen LogP contribution in [0, 0.1) is 6.92 Å². The van der Waals surface area contributed by atoms with E-state index in [1.54, 1.807) is 0 Å². The standard InChI is InChI=1S/C16H15ClO/c1-12-5-4-6-13(9-12)10-14(11-18)15-7-2-3-8-16(15)17/h2-9,11,14H,10H2,1H3. The van der Waals surface area contributed by atoms with Gasteiger partial charge in [-0.1, -0.05) is 59.6 Å². The Hall–Kier alpha value is -1.60. The highest BCUT2D eigenvalue weighted by molar-refractivity contribution is 6.31. The second-order valence-corrected chi connectivity index (χ2v) is 4.86. The molecular formula is C16H15ClO. The van der Waals surface area contributed by atoms with Gasteiger partial charge in [0.2, 0.25) is 0 Å².